The van der Waals surface area contributed by atoms with Crippen molar-refractivity contribution in [2.24, 2.45) is 7.05 Å². The molecule has 0 aromatic carbocycles. The SMILES string of the molecule is Cc1cc(Nc2ccccn2)cc(C2CCN(Cc3cnn(C)c3)CC2)n1. The summed E-state index contributed by atoms with van der Waals surface area (Å²) < 4.78 is 1.87. The number of rotatable bonds is 5. The van der Waals surface area contributed by atoms with Crippen LogP contribution in [0.15, 0.2) is 48.9 Å². The van der Waals surface area contributed by atoms with Crippen molar-refractivity contribution in [3.63, 3.8) is 0 Å². The van der Waals surface area contributed by atoms with E-state index >= 15 is 0 Å². The monoisotopic (exact) mass is 362 g/mol. The zero-order chi connectivity index (χ0) is 18.6. The Hall–Kier alpha value is -2.73. The molecule has 0 bridgehead atoms. The van der Waals surface area contributed by atoms with Crippen LogP contribution >= 0.6 is 0 Å². The highest BCUT2D eigenvalue weighted by Crippen LogP contribution is 2.30. The van der Waals surface area contributed by atoms with Gasteiger partial charge in [-0.1, -0.05) is 6.07 Å². The van der Waals surface area contributed by atoms with Crippen LogP contribution in [-0.4, -0.2) is 37.7 Å². The van der Waals surface area contributed by atoms with Crippen molar-refractivity contribution in [1.82, 2.24) is 24.6 Å². The molecule has 1 aliphatic heterocycles. The summed E-state index contributed by atoms with van der Waals surface area (Å²) in [5, 5.41) is 7.66. The molecule has 4 rings (SSSR count). The van der Waals surface area contributed by atoms with E-state index in [0.29, 0.717) is 5.92 Å². The number of hydrogen-bond acceptors (Lipinski definition) is 5. The summed E-state index contributed by atoms with van der Waals surface area (Å²) in [5.41, 5.74) is 4.58. The van der Waals surface area contributed by atoms with Crippen molar-refractivity contribution in [2.45, 2.75) is 32.2 Å². The number of nitrogens with zero attached hydrogens (tertiary/aromatic N) is 5. The van der Waals surface area contributed by atoms with Gasteiger partial charge in [0.15, 0.2) is 0 Å². The Morgan fingerprint density at radius 3 is 2.74 bits per heavy atom. The van der Waals surface area contributed by atoms with Crippen molar-refractivity contribution in [2.75, 3.05) is 18.4 Å². The summed E-state index contributed by atoms with van der Waals surface area (Å²) in [5.74, 6) is 1.37. The molecule has 0 atom stereocenters. The normalized spacial score (nSPS) is 15.8. The topological polar surface area (TPSA) is 58.9 Å². The van der Waals surface area contributed by atoms with Crippen molar-refractivity contribution < 1.29 is 0 Å². The fourth-order valence-corrected chi connectivity index (χ4v) is 3.76. The van der Waals surface area contributed by atoms with E-state index in [1.165, 1.54) is 11.3 Å². The number of anilines is 2. The molecule has 6 nitrogen and oxygen atoms in total. The number of aromatic nitrogens is 4. The van der Waals surface area contributed by atoms with Crippen LogP contribution < -0.4 is 5.32 Å². The third-order valence-electron chi connectivity index (χ3n) is 5.08. The van der Waals surface area contributed by atoms with Crippen molar-refractivity contribution in [1.29, 1.82) is 0 Å². The van der Waals surface area contributed by atoms with E-state index in [4.69, 9.17) is 4.98 Å². The lowest BCUT2D eigenvalue weighted by atomic mass is 9.92. The predicted molar refractivity (Wildman–Crippen MR) is 107 cm³/mol. The van der Waals surface area contributed by atoms with E-state index in [1.54, 1.807) is 6.20 Å². The molecule has 3 aromatic rings. The van der Waals surface area contributed by atoms with Gasteiger partial charge in [0.2, 0.25) is 0 Å². The van der Waals surface area contributed by atoms with Gasteiger partial charge >= 0.3 is 0 Å². The number of piperidine rings is 1. The molecule has 4 heterocycles. The Kier molecular flexibility index (Phi) is 5.16. The van der Waals surface area contributed by atoms with Crippen molar-refractivity contribution in [3.8, 4) is 0 Å². The summed E-state index contributed by atoms with van der Waals surface area (Å²) in [6.45, 7) is 5.23. The Balaban J connectivity index is 1.40. The Bertz CT molecular complexity index is 881. The second-order valence-corrected chi connectivity index (χ2v) is 7.33. The average Bonchev–Trinajstić information content (AvgIpc) is 3.07. The number of nitrogens with one attached hydrogen (secondary N) is 1. The molecule has 0 amide bonds. The van der Waals surface area contributed by atoms with Gasteiger partial charge in [-0.2, -0.15) is 5.10 Å². The van der Waals surface area contributed by atoms with Crippen molar-refractivity contribution in [3.05, 3.63) is 65.9 Å². The molecule has 0 aliphatic carbocycles. The van der Waals surface area contributed by atoms with Gasteiger partial charge in [0.05, 0.1) is 6.20 Å². The van der Waals surface area contributed by atoms with E-state index in [1.807, 2.05) is 36.1 Å². The minimum Gasteiger partial charge on any atom is -0.340 e. The average molecular weight is 362 g/mol. The first kappa shape index (κ1) is 17.7. The summed E-state index contributed by atoms with van der Waals surface area (Å²) in [6.07, 6.45) is 8.14. The largest absolute Gasteiger partial charge is 0.340 e. The van der Waals surface area contributed by atoms with Crippen LogP contribution in [0.1, 0.15) is 35.7 Å². The van der Waals surface area contributed by atoms with E-state index in [-0.39, 0.29) is 0 Å². The van der Waals surface area contributed by atoms with Gasteiger partial charge in [0.1, 0.15) is 5.82 Å². The molecule has 3 aromatic heterocycles. The Labute approximate surface area is 160 Å². The number of hydrogen-bond donors (Lipinski definition) is 1. The molecule has 140 valence electrons. The van der Waals surface area contributed by atoms with Crippen LogP contribution in [0.3, 0.4) is 0 Å². The Morgan fingerprint density at radius 2 is 2.04 bits per heavy atom. The zero-order valence-corrected chi connectivity index (χ0v) is 16.0. The maximum atomic E-state index is 4.82. The molecule has 0 radical (unpaired) electrons. The van der Waals surface area contributed by atoms with Crippen LogP contribution in [0.4, 0.5) is 11.5 Å². The standard InChI is InChI=1S/C21H26N6/c1-16-11-19(25-21-5-3-4-8-22-21)12-20(24-16)18-6-9-27(10-7-18)15-17-13-23-26(2)14-17/h3-5,8,11-14,18H,6-7,9-10,15H2,1-2H3,(H,22,24,25). The summed E-state index contributed by atoms with van der Waals surface area (Å²) in [6, 6.07) is 10.2. The molecule has 0 unspecified atom stereocenters. The van der Waals surface area contributed by atoms with Gasteiger partial charge in [-0.15, -0.1) is 0 Å². The molecule has 0 spiro atoms. The van der Waals surface area contributed by atoms with Gasteiger partial charge in [0.25, 0.3) is 0 Å². The molecule has 1 saturated heterocycles. The highest BCUT2D eigenvalue weighted by atomic mass is 15.2. The molecule has 1 aliphatic rings. The van der Waals surface area contributed by atoms with Gasteiger partial charge in [0, 0.05) is 54.5 Å². The van der Waals surface area contributed by atoms with Gasteiger partial charge in [-0.3, -0.25) is 14.6 Å². The van der Waals surface area contributed by atoms with Crippen molar-refractivity contribution >= 4 is 11.5 Å². The van der Waals surface area contributed by atoms with Crippen LogP contribution in [-0.2, 0) is 13.6 Å². The van der Waals surface area contributed by atoms with E-state index in [9.17, 15) is 0 Å². The lowest BCUT2D eigenvalue weighted by molar-refractivity contribution is 0.203. The van der Waals surface area contributed by atoms with Crippen LogP contribution in [0, 0.1) is 6.92 Å². The third kappa shape index (κ3) is 4.52. The molecular formula is C21H26N6. The second-order valence-electron chi connectivity index (χ2n) is 7.33. The second kappa shape index (κ2) is 7.88. The first-order valence-electron chi connectivity index (χ1n) is 9.52. The predicted octanol–water partition coefficient (Wildman–Crippen LogP) is 3.64. The first-order chi connectivity index (χ1) is 13.2. The first-order valence-corrected chi connectivity index (χ1v) is 9.52. The fourth-order valence-electron chi connectivity index (χ4n) is 3.76. The molecule has 0 saturated carbocycles. The fraction of sp³-hybridized carbons (Fsp3) is 0.381. The minimum absolute atomic E-state index is 0.513. The van der Waals surface area contributed by atoms with Gasteiger partial charge < -0.3 is 5.32 Å². The van der Waals surface area contributed by atoms with E-state index in [0.717, 1.165) is 49.7 Å². The summed E-state index contributed by atoms with van der Waals surface area (Å²) in [4.78, 5) is 11.7. The van der Waals surface area contributed by atoms with Crippen LogP contribution in [0.25, 0.3) is 0 Å². The number of likely N-dealkylation sites (tertiary alicyclic amines) is 1. The molecule has 1 N–H and O–H groups in total. The highest BCUT2D eigenvalue weighted by molar-refractivity contribution is 5.56. The third-order valence-corrected chi connectivity index (χ3v) is 5.08. The maximum Gasteiger partial charge on any atom is 0.130 e. The van der Waals surface area contributed by atoms with Gasteiger partial charge in [-0.25, -0.2) is 4.98 Å². The number of aryl methyl sites for hydroxylation is 2. The summed E-state index contributed by atoms with van der Waals surface area (Å²) >= 11 is 0. The summed E-state index contributed by atoms with van der Waals surface area (Å²) in [7, 11) is 1.97. The highest BCUT2D eigenvalue weighted by Gasteiger charge is 2.22. The molecule has 1 fully saturated rings. The minimum atomic E-state index is 0.513. The van der Waals surface area contributed by atoms with Gasteiger partial charge in [-0.05, 0) is 57.1 Å². The number of pyridine rings is 2. The Morgan fingerprint density at radius 1 is 1.19 bits per heavy atom. The zero-order valence-electron chi connectivity index (χ0n) is 16.0. The van der Waals surface area contributed by atoms with E-state index in [2.05, 4.69) is 45.6 Å². The van der Waals surface area contributed by atoms with Crippen LogP contribution in [0.5, 0.6) is 0 Å². The van der Waals surface area contributed by atoms with E-state index < -0.39 is 0 Å². The quantitative estimate of drug-likeness (QED) is 0.751. The maximum absolute atomic E-state index is 4.82. The lowest BCUT2D eigenvalue weighted by Gasteiger charge is -2.31. The van der Waals surface area contributed by atoms with Crippen LogP contribution in [0.2, 0.25) is 0 Å². The molecule has 27 heavy (non-hydrogen) atoms. The molecule has 6 heteroatoms. The lowest BCUT2D eigenvalue weighted by Crippen LogP contribution is -2.32. The molecular weight excluding hydrogens is 336 g/mol. The smallest absolute Gasteiger partial charge is 0.130 e.